The molecule has 116 valence electrons. The van der Waals surface area contributed by atoms with Gasteiger partial charge in [-0.2, -0.15) is 0 Å². The van der Waals surface area contributed by atoms with Crippen LogP contribution in [0, 0.1) is 23.2 Å². The minimum Gasteiger partial charge on any atom is -0.333 e. The highest BCUT2D eigenvalue weighted by Gasteiger charge is 2.53. The first-order valence-corrected chi connectivity index (χ1v) is 8.94. The molecule has 21 heavy (non-hydrogen) atoms. The molecule has 0 aliphatic heterocycles. The maximum Gasteiger partial charge on any atom is 0.108 e. The quantitative estimate of drug-likeness (QED) is 0.902. The highest BCUT2D eigenvalue weighted by molar-refractivity contribution is 5.06. The number of aryl methyl sites for hydroxylation is 1. The monoisotopic (exact) mass is 287 g/mol. The maximum atomic E-state index is 6.78. The molecule has 0 aromatic carbocycles. The molecule has 1 aromatic rings. The van der Waals surface area contributed by atoms with Crippen LogP contribution in [0.4, 0.5) is 0 Å². The molecule has 1 unspecified atom stereocenters. The Morgan fingerprint density at radius 1 is 1.24 bits per heavy atom. The van der Waals surface area contributed by atoms with Crippen LogP contribution in [0.25, 0.3) is 0 Å². The fourth-order valence-electron chi connectivity index (χ4n) is 6.00. The van der Waals surface area contributed by atoms with Gasteiger partial charge in [0.1, 0.15) is 5.82 Å². The molecule has 2 N–H and O–H groups in total. The van der Waals surface area contributed by atoms with Crippen LogP contribution in [-0.4, -0.2) is 15.6 Å². The minimum absolute atomic E-state index is 0.315. The Morgan fingerprint density at radius 3 is 2.43 bits per heavy atom. The van der Waals surface area contributed by atoms with E-state index in [0.717, 1.165) is 37.1 Å². The summed E-state index contributed by atoms with van der Waals surface area (Å²) in [6.45, 7) is 3.19. The van der Waals surface area contributed by atoms with Gasteiger partial charge in [0.15, 0.2) is 0 Å². The topological polar surface area (TPSA) is 43.8 Å². The van der Waals surface area contributed by atoms with E-state index in [-0.39, 0.29) is 0 Å². The first-order valence-electron chi connectivity index (χ1n) is 8.94. The SMILES string of the molecule is CCCc1nccn1CC(N)C12CC3CC(CC(C3)C1)C2. The number of hydrogen-bond donors (Lipinski definition) is 1. The molecular weight excluding hydrogens is 258 g/mol. The predicted molar refractivity (Wildman–Crippen MR) is 84.8 cm³/mol. The van der Waals surface area contributed by atoms with Crippen LogP contribution in [0.2, 0.25) is 0 Å². The summed E-state index contributed by atoms with van der Waals surface area (Å²) in [5.41, 5.74) is 7.23. The van der Waals surface area contributed by atoms with Gasteiger partial charge in [-0.25, -0.2) is 4.98 Å². The van der Waals surface area contributed by atoms with E-state index in [1.165, 1.54) is 44.3 Å². The van der Waals surface area contributed by atoms with Crippen LogP contribution < -0.4 is 5.73 Å². The average Bonchev–Trinajstić information content (AvgIpc) is 2.85. The van der Waals surface area contributed by atoms with Crippen molar-refractivity contribution in [3.05, 3.63) is 18.2 Å². The van der Waals surface area contributed by atoms with Gasteiger partial charge in [0.25, 0.3) is 0 Å². The molecule has 4 fully saturated rings. The van der Waals surface area contributed by atoms with E-state index >= 15 is 0 Å². The van der Waals surface area contributed by atoms with E-state index in [4.69, 9.17) is 5.73 Å². The van der Waals surface area contributed by atoms with E-state index < -0.39 is 0 Å². The summed E-state index contributed by atoms with van der Waals surface area (Å²) in [5.74, 6) is 4.18. The van der Waals surface area contributed by atoms with Crippen LogP contribution >= 0.6 is 0 Å². The van der Waals surface area contributed by atoms with Crippen molar-refractivity contribution in [3.63, 3.8) is 0 Å². The summed E-state index contributed by atoms with van der Waals surface area (Å²) >= 11 is 0. The third-order valence-corrected chi connectivity index (χ3v) is 6.54. The van der Waals surface area contributed by atoms with E-state index in [9.17, 15) is 0 Å². The standard InChI is InChI=1S/C18H29N3/c1-2-3-17-20-4-5-21(17)12-16(19)18-9-13-6-14(10-18)8-15(7-13)11-18/h4-5,13-16H,2-3,6-12,19H2,1H3. The molecule has 1 atom stereocenters. The summed E-state index contributed by atoms with van der Waals surface area (Å²) < 4.78 is 2.33. The lowest BCUT2D eigenvalue weighted by Crippen LogP contribution is -2.55. The fraction of sp³-hybridized carbons (Fsp3) is 0.833. The Balaban J connectivity index is 1.52. The molecule has 4 aliphatic rings. The molecule has 0 amide bonds. The Morgan fingerprint density at radius 2 is 1.86 bits per heavy atom. The van der Waals surface area contributed by atoms with Crippen molar-refractivity contribution in [2.75, 3.05) is 0 Å². The zero-order valence-corrected chi connectivity index (χ0v) is 13.3. The van der Waals surface area contributed by atoms with Crippen molar-refractivity contribution >= 4 is 0 Å². The van der Waals surface area contributed by atoms with Crippen LogP contribution in [0.3, 0.4) is 0 Å². The van der Waals surface area contributed by atoms with Gasteiger partial charge < -0.3 is 10.3 Å². The van der Waals surface area contributed by atoms with Crippen molar-refractivity contribution in [2.24, 2.45) is 28.9 Å². The Labute approximate surface area is 128 Å². The molecule has 0 saturated heterocycles. The average molecular weight is 287 g/mol. The van der Waals surface area contributed by atoms with Crippen LogP contribution in [-0.2, 0) is 13.0 Å². The lowest BCUT2D eigenvalue weighted by Gasteiger charge is -2.59. The van der Waals surface area contributed by atoms with E-state index in [1.54, 1.807) is 0 Å². The van der Waals surface area contributed by atoms with Crippen molar-refractivity contribution in [3.8, 4) is 0 Å². The van der Waals surface area contributed by atoms with E-state index in [1.807, 2.05) is 6.20 Å². The van der Waals surface area contributed by atoms with Crippen molar-refractivity contribution in [2.45, 2.75) is 70.9 Å². The normalized spacial score (nSPS) is 38.9. The summed E-state index contributed by atoms with van der Waals surface area (Å²) in [6.07, 6.45) is 15.0. The predicted octanol–water partition coefficient (Wildman–Crippen LogP) is 3.38. The van der Waals surface area contributed by atoms with Gasteiger partial charge in [0.2, 0.25) is 0 Å². The van der Waals surface area contributed by atoms with Gasteiger partial charge in [0.05, 0.1) is 0 Å². The summed E-state index contributed by atoms with van der Waals surface area (Å²) in [4.78, 5) is 4.51. The number of aromatic nitrogens is 2. The highest BCUT2D eigenvalue weighted by atomic mass is 15.1. The molecule has 4 saturated carbocycles. The molecule has 4 bridgehead atoms. The molecular formula is C18H29N3. The third-order valence-electron chi connectivity index (χ3n) is 6.54. The Kier molecular flexibility index (Phi) is 3.36. The van der Waals surface area contributed by atoms with Gasteiger partial charge >= 0.3 is 0 Å². The molecule has 5 rings (SSSR count). The lowest BCUT2D eigenvalue weighted by atomic mass is 9.48. The first kappa shape index (κ1) is 13.8. The number of nitrogens with zero attached hydrogens (tertiary/aromatic N) is 2. The molecule has 4 aliphatic carbocycles. The van der Waals surface area contributed by atoms with E-state index in [0.29, 0.717) is 11.5 Å². The molecule has 3 heteroatoms. The second-order valence-corrected chi connectivity index (χ2v) is 8.13. The van der Waals surface area contributed by atoms with Crippen molar-refractivity contribution in [1.82, 2.24) is 9.55 Å². The second-order valence-electron chi connectivity index (χ2n) is 8.13. The number of hydrogen-bond acceptors (Lipinski definition) is 2. The van der Waals surface area contributed by atoms with Crippen molar-refractivity contribution < 1.29 is 0 Å². The largest absolute Gasteiger partial charge is 0.333 e. The Bertz CT molecular complexity index is 469. The van der Waals surface area contributed by atoms with Gasteiger partial charge in [-0.05, 0) is 68.1 Å². The zero-order valence-electron chi connectivity index (χ0n) is 13.3. The summed E-state index contributed by atoms with van der Waals surface area (Å²) in [5, 5.41) is 0. The van der Waals surface area contributed by atoms with Crippen LogP contribution in [0.1, 0.15) is 57.7 Å². The molecule has 0 radical (unpaired) electrons. The number of nitrogens with two attached hydrogens (primary N) is 1. The highest BCUT2D eigenvalue weighted by Crippen LogP contribution is 2.61. The van der Waals surface area contributed by atoms with Gasteiger partial charge in [-0.15, -0.1) is 0 Å². The van der Waals surface area contributed by atoms with Gasteiger partial charge in [0, 0.05) is 31.4 Å². The van der Waals surface area contributed by atoms with Gasteiger partial charge in [-0.3, -0.25) is 0 Å². The second kappa shape index (κ2) is 5.12. The zero-order chi connectivity index (χ0) is 14.4. The number of imidazole rings is 1. The fourth-order valence-corrected chi connectivity index (χ4v) is 6.00. The minimum atomic E-state index is 0.315. The third kappa shape index (κ3) is 2.34. The lowest BCUT2D eigenvalue weighted by molar-refractivity contribution is -0.0695. The van der Waals surface area contributed by atoms with E-state index in [2.05, 4.69) is 22.7 Å². The molecule has 0 spiro atoms. The molecule has 3 nitrogen and oxygen atoms in total. The van der Waals surface area contributed by atoms with Crippen molar-refractivity contribution in [1.29, 1.82) is 0 Å². The van der Waals surface area contributed by atoms with Crippen LogP contribution in [0.15, 0.2) is 12.4 Å². The number of rotatable bonds is 5. The van der Waals surface area contributed by atoms with Crippen LogP contribution in [0.5, 0.6) is 0 Å². The maximum absolute atomic E-state index is 6.78. The molecule has 1 heterocycles. The smallest absolute Gasteiger partial charge is 0.108 e. The summed E-state index contributed by atoms with van der Waals surface area (Å²) in [6, 6.07) is 0.315. The first-order chi connectivity index (χ1) is 10.2. The molecule has 1 aromatic heterocycles. The Hall–Kier alpha value is -0.830. The summed E-state index contributed by atoms with van der Waals surface area (Å²) in [7, 11) is 0. The van der Waals surface area contributed by atoms with Gasteiger partial charge in [-0.1, -0.05) is 6.92 Å².